The standard InChI is InChI=1S/C14H23N3O/c1-11(15)13-7-4-8-16-14(13)17(9-10-18)12-5-2-3-6-12/h4,7-8,11-12,18H,2-3,5-6,9-10,15H2,1H3/t11-/m1/s1. The van der Waals surface area contributed by atoms with Crippen LogP contribution in [0.25, 0.3) is 0 Å². The van der Waals surface area contributed by atoms with Crippen LogP contribution in [0.4, 0.5) is 5.82 Å². The average molecular weight is 249 g/mol. The summed E-state index contributed by atoms with van der Waals surface area (Å²) in [7, 11) is 0. The summed E-state index contributed by atoms with van der Waals surface area (Å²) in [4.78, 5) is 6.74. The highest BCUT2D eigenvalue weighted by molar-refractivity contribution is 5.49. The van der Waals surface area contributed by atoms with E-state index < -0.39 is 0 Å². The van der Waals surface area contributed by atoms with Crippen LogP contribution in [0, 0.1) is 0 Å². The Morgan fingerprint density at radius 2 is 2.22 bits per heavy atom. The smallest absolute Gasteiger partial charge is 0.133 e. The van der Waals surface area contributed by atoms with Crippen molar-refractivity contribution in [2.45, 2.75) is 44.7 Å². The molecule has 4 nitrogen and oxygen atoms in total. The van der Waals surface area contributed by atoms with E-state index in [2.05, 4.69) is 9.88 Å². The molecule has 0 saturated heterocycles. The fourth-order valence-corrected chi connectivity index (χ4v) is 2.79. The molecule has 0 bridgehead atoms. The van der Waals surface area contributed by atoms with Gasteiger partial charge in [0.15, 0.2) is 0 Å². The predicted octanol–water partition coefficient (Wildman–Crippen LogP) is 1.84. The zero-order chi connectivity index (χ0) is 13.0. The minimum Gasteiger partial charge on any atom is -0.395 e. The van der Waals surface area contributed by atoms with Crippen molar-refractivity contribution in [2.75, 3.05) is 18.1 Å². The largest absolute Gasteiger partial charge is 0.395 e. The first-order valence-electron chi connectivity index (χ1n) is 6.82. The summed E-state index contributed by atoms with van der Waals surface area (Å²) in [5.74, 6) is 0.952. The molecule has 2 rings (SSSR count). The van der Waals surface area contributed by atoms with Crippen molar-refractivity contribution in [1.29, 1.82) is 0 Å². The third kappa shape index (κ3) is 2.82. The number of aromatic nitrogens is 1. The minimum absolute atomic E-state index is 0.0312. The van der Waals surface area contributed by atoms with Crippen molar-refractivity contribution in [3.05, 3.63) is 23.9 Å². The Balaban J connectivity index is 2.29. The number of pyridine rings is 1. The zero-order valence-corrected chi connectivity index (χ0v) is 11.0. The van der Waals surface area contributed by atoms with Crippen LogP contribution >= 0.6 is 0 Å². The van der Waals surface area contributed by atoms with Crippen molar-refractivity contribution >= 4 is 5.82 Å². The molecule has 0 radical (unpaired) electrons. The van der Waals surface area contributed by atoms with E-state index in [1.165, 1.54) is 25.7 Å². The molecule has 1 heterocycles. The number of nitrogens with two attached hydrogens (primary N) is 1. The van der Waals surface area contributed by atoms with Gasteiger partial charge in [-0.15, -0.1) is 0 Å². The second-order valence-electron chi connectivity index (χ2n) is 5.06. The molecule has 1 fully saturated rings. The topological polar surface area (TPSA) is 62.4 Å². The second kappa shape index (κ2) is 6.16. The van der Waals surface area contributed by atoms with Crippen molar-refractivity contribution in [2.24, 2.45) is 5.73 Å². The molecule has 1 aliphatic carbocycles. The molecule has 1 aromatic rings. The van der Waals surface area contributed by atoms with Gasteiger partial charge in [-0.05, 0) is 25.8 Å². The number of hydrogen-bond donors (Lipinski definition) is 2. The maximum atomic E-state index is 9.29. The number of hydrogen-bond acceptors (Lipinski definition) is 4. The van der Waals surface area contributed by atoms with E-state index in [4.69, 9.17) is 5.73 Å². The van der Waals surface area contributed by atoms with E-state index in [0.717, 1.165) is 11.4 Å². The summed E-state index contributed by atoms with van der Waals surface area (Å²) in [6.45, 7) is 2.78. The number of rotatable bonds is 5. The van der Waals surface area contributed by atoms with E-state index in [-0.39, 0.29) is 12.6 Å². The van der Waals surface area contributed by atoms with Gasteiger partial charge in [-0.2, -0.15) is 0 Å². The number of aliphatic hydroxyl groups is 1. The first-order chi connectivity index (χ1) is 8.74. The van der Waals surface area contributed by atoms with Gasteiger partial charge in [0.1, 0.15) is 5.82 Å². The molecular weight excluding hydrogens is 226 g/mol. The van der Waals surface area contributed by atoms with Crippen molar-refractivity contribution in [3.63, 3.8) is 0 Å². The highest BCUT2D eigenvalue weighted by Crippen LogP contribution is 2.30. The Bertz CT molecular complexity index is 375. The maximum Gasteiger partial charge on any atom is 0.133 e. The van der Waals surface area contributed by atoms with E-state index in [1.807, 2.05) is 19.1 Å². The minimum atomic E-state index is -0.0312. The van der Waals surface area contributed by atoms with Gasteiger partial charge in [0.2, 0.25) is 0 Å². The van der Waals surface area contributed by atoms with Crippen molar-refractivity contribution in [1.82, 2.24) is 4.98 Å². The molecule has 1 atom stereocenters. The van der Waals surface area contributed by atoms with Crippen LogP contribution in [-0.2, 0) is 0 Å². The Labute approximate surface area is 109 Å². The van der Waals surface area contributed by atoms with E-state index >= 15 is 0 Å². The van der Waals surface area contributed by atoms with Gasteiger partial charge in [-0.3, -0.25) is 0 Å². The van der Waals surface area contributed by atoms with E-state index in [9.17, 15) is 5.11 Å². The van der Waals surface area contributed by atoms with Gasteiger partial charge in [0, 0.05) is 30.4 Å². The molecule has 0 spiro atoms. The van der Waals surface area contributed by atoms with Gasteiger partial charge < -0.3 is 15.7 Å². The number of aliphatic hydroxyl groups excluding tert-OH is 1. The lowest BCUT2D eigenvalue weighted by molar-refractivity contribution is 0.296. The first kappa shape index (κ1) is 13.3. The lowest BCUT2D eigenvalue weighted by Gasteiger charge is -2.31. The fourth-order valence-electron chi connectivity index (χ4n) is 2.79. The van der Waals surface area contributed by atoms with Gasteiger partial charge in [0.25, 0.3) is 0 Å². The van der Waals surface area contributed by atoms with Crippen molar-refractivity contribution < 1.29 is 5.11 Å². The zero-order valence-electron chi connectivity index (χ0n) is 11.0. The van der Waals surface area contributed by atoms with Crippen LogP contribution < -0.4 is 10.6 Å². The highest BCUT2D eigenvalue weighted by Gasteiger charge is 2.25. The molecule has 1 saturated carbocycles. The lowest BCUT2D eigenvalue weighted by atomic mass is 10.1. The Morgan fingerprint density at radius 1 is 1.50 bits per heavy atom. The van der Waals surface area contributed by atoms with Crippen LogP contribution in [0.3, 0.4) is 0 Å². The molecular formula is C14H23N3O. The normalized spacial score (nSPS) is 17.9. The monoisotopic (exact) mass is 249 g/mol. The molecule has 18 heavy (non-hydrogen) atoms. The van der Waals surface area contributed by atoms with Gasteiger partial charge >= 0.3 is 0 Å². The Kier molecular flexibility index (Phi) is 4.55. The molecule has 3 N–H and O–H groups in total. The molecule has 4 heteroatoms. The SMILES string of the molecule is C[C@@H](N)c1cccnc1N(CCO)C1CCCC1. The van der Waals surface area contributed by atoms with E-state index in [0.29, 0.717) is 12.6 Å². The first-order valence-corrected chi connectivity index (χ1v) is 6.82. The Morgan fingerprint density at radius 3 is 2.83 bits per heavy atom. The van der Waals surface area contributed by atoms with Crippen LogP contribution in [0.15, 0.2) is 18.3 Å². The second-order valence-corrected chi connectivity index (χ2v) is 5.06. The lowest BCUT2D eigenvalue weighted by Crippen LogP contribution is -2.37. The third-order valence-electron chi connectivity index (χ3n) is 3.69. The molecule has 1 aliphatic rings. The van der Waals surface area contributed by atoms with E-state index in [1.54, 1.807) is 6.20 Å². The summed E-state index contributed by atoms with van der Waals surface area (Å²) in [6.07, 6.45) is 6.73. The van der Waals surface area contributed by atoms with Gasteiger partial charge in [-0.1, -0.05) is 18.9 Å². The number of nitrogens with zero attached hydrogens (tertiary/aromatic N) is 2. The summed E-state index contributed by atoms with van der Waals surface area (Å²) < 4.78 is 0. The fraction of sp³-hybridized carbons (Fsp3) is 0.643. The molecule has 0 unspecified atom stereocenters. The molecule has 0 aromatic carbocycles. The Hall–Kier alpha value is -1.13. The van der Waals surface area contributed by atoms with Gasteiger partial charge in [0.05, 0.1) is 6.61 Å². The summed E-state index contributed by atoms with van der Waals surface area (Å²) >= 11 is 0. The average Bonchev–Trinajstić information content (AvgIpc) is 2.89. The third-order valence-corrected chi connectivity index (χ3v) is 3.69. The molecule has 1 aromatic heterocycles. The quantitative estimate of drug-likeness (QED) is 0.836. The summed E-state index contributed by atoms with van der Waals surface area (Å²) in [6, 6.07) is 4.43. The predicted molar refractivity (Wildman–Crippen MR) is 73.5 cm³/mol. The highest BCUT2D eigenvalue weighted by atomic mass is 16.3. The molecule has 100 valence electrons. The molecule has 0 amide bonds. The maximum absolute atomic E-state index is 9.29. The van der Waals surface area contributed by atoms with Gasteiger partial charge in [-0.25, -0.2) is 4.98 Å². The van der Waals surface area contributed by atoms with Crippen molar-refractivity contribution in [3.8, 4) is 0 Å². The molecule has 0 aliphatic heterocycles. The summed E-state index contributed by atoms with van der Waals surface area (Å²) in [5, 5.41) is 9.29. The number of anilines is 1. The van der Waals surface area contributed by atoms with Crippen LogP contribution in [-0.4, -0.2) is 29.3 Å². The summed E-state index contributed by atoms with van der Waals surface area (Å²) in [5.41, 5.74) is 7.09. The van der Waals surface area contributed by atoms with Crippen LogP contribution in [0.1, 0.15) is 44.2 Å². The van der Waals surface area contributed by atoms with Crippen LogP contribution in [0.2, 0.25) is 0 Å². The van der Waals surface area contributed by atoms with Crippen LogP contribution in [0.5, 0.6) is 0 Å².